The quantitative estimate of drug-likeness (QED) is 0.323. The van der Waals surface area contributed by atoms with Gasteiger partial charge in [0.2, 0.25) is 0 Å². The van der Waals surface area contributed by atoms with Gasteiger partial charge in [0, 0.05) is 0 Å². The molecule has 0 heterocycles. The molecule has 5 heteroatoms. The molecule has 0 bridgehead atoms. The Morgan fingerprint density at radius 1 is 1.40 bits per heavy atom. The highest BCUT2D eigenvalue weighted by Crippen LogP contribution is 1.82. The van der Waals surface area contributed by atoms with E-state index in [0.29, 0.717) is 0 Å². The highest BCUT2D eigenvalue weighted by Gasteiger charge is 2.07. The number of methoxy groups -OCH3 is 1. The molecule has 1 N–H and O–H groups in total. The molecule has 0 fully saturated rings. The summed E-state index contributed by atoms with van der Waals surface area (Å²) in [6.07, 6.45) is -0.315. The summed E-state index contributed by atoms with van der Waals surface area (Å²) < 4.78 is 4.21. The highest BCUT2D eigenvalue weighted by atomic mass is 16.6. The van der Waals surface area contributed by atoms with Gasteiger partial charge in [-0.1, -0.05) is 0 Å². The van der Waals surface area contributed by atoms with Gasteiger partial charge in [-0.3, -0.25) is 14.4 Å². The minimum Gasteiger partial charge on any atom is -0.469 e. The first kappa shape index (κ1) is 8.90. The average Bonchev–Trinajstić information content (AvgIpc) is 1.88. The van der Waals surface area contributed by atoms with Crippen molar-refractivity contribution in [1.82, 2.24) is 5.48 Å². The summed E-state index contributed by atoms with van der Waals surface area (Å²) in [6, 6.07) is 0. The Morgan fingerprint density at radius 2 is 2.00 bits per heavy atom. The van der Waals surface area contributed by atoms with E-state index in [0.717, 1.165) is 0 Å². The first-order valence-corrected chi connectivity index (χ1v) is 2.59. The molecule has 1 amide bonds. The summed E-state index contributed by atoms with van der Waals surface area (Å²) in [4.78, 5) is 25.1. The fourth-order valence-corrected chi connectivity index (χ4v) is 0.353. The predicted molar refractivity (Wildman–Crippen MR) is 31.8 cm³/mol. The lowest BCUT2D eigenvalue weighted by atomic mass is 10.4. The molecule has 10 heavy (non-hydrogen) atoms. The van der Waals surface area contributed by atoms with Gasteiger partial charge in [0.25, 0.3) is 5.91 Å². The Morgan fingerprint density at radius 3 is 2.40 bits per heavy atom. The molecule has 0 rings (SSSR count). The molecule has 0 aromatic carbocycles. The fraction of sp³-hybridized carbons (Fsp3) is 0.600. The summed E-state index contributed by atoms with van der Waals surface area (Å²) in [5, 5.41) is 0. The lowest BCUT2D eigenvalue weighted by Gasteiger charge is -1.98. The maximum Gasteiger partial charge on any atom is 0.315 e. The number of carbonyl (C=O) groups is 2. The lowest BCUT2D eigenvalue weighted by Crippen LogP contribution is -2.24. The zero-order valence-corrected chi connectivity index (χ0v) is 5.84. The van der Waals surface area contributed by atoms with Gasteiger partial charge < -0.3 is 4.74 Å². The van der Waals surface area contributed by atoms with Crippen molar-refractivity contribution in [2.24, 2.45) is 0 Å². The molecule has 0 spiro atoms. The first-order valence-electron chi connectivity index (χ1n) is 2.59. The predicted octanol–water partition coefficient (Wildman–Crippen LogP) is -0.773. The van der Waals surface area contributed by atoms with Crippen LogP contribution in [0.3, 0.4) is 0 Å². The zero-order valence-electron chi connectivity index (χ0n) is 5.84. The number of hydrogen-bond acceptors (Lipinski definition) is 4. The molecule has 0 aliphatic rings. The van der Waals surface area contributed by atoms with Crippen LogP contribution in [-0.4, -0.2) is 26.1 Å². The van der Waals surface area contributed by atoms with Crippen LogP contribution in [0.25, 0.3) is 0 Å². The van der Waals surface area contributed by atoms with Gasteiger partial charge in [-0.15, -0.1) is 0 Å². The minimum absolute atomic E-state index is 0.315. The second kappa shape index (κ2) is 4.75. The third-order valence-electron chi connectivity index (χ3n) is 0.748. The van der Waals surface area contributed by atoms with Crippen LogP contribution in [0.2, 0.25) is 0 Å². The van der Waals surface area contributed by atoms with Crippen LogP contribution < -0.4 is 5.48 Å². The number of esters is 1. The minimum atomic E-state index is -0.588. The van der Waals surface area contributed by atoms with Gasteiger partial charge in [0.15, 0.2) is 0 Å². The van der Waals surface area contributed by atoms with Gasteiger partial charge in [-0.05, 0) is 0 Å². The van der Waals surface area contributed by atoms with Crippen molar-refractivity contribution in [2.45, 2.75) is 6.42 Å². The molecule has 0 atom stereocenters. The van der Waals surface area contributed by atoms with Crippen LogP contribution in [0.5, 0.6) is 0 Å². The van der Waals surface area contributed by atoms with Crippen LogP contribution in [0.1, 0.15) is 6.42 Å². The molecule has 5 nitrogen and oxygen atoms in total. The molecule has 0 aromatic rings. The second-order valence-corrected chi connectivity index (χ2v) is 1.48. The number of hydrogen-bond donors (Lipinski definition) is 1. The maximum atomic E-state index is 10.5. The Bertz CT molecular complexity index is 134. The first-order chi connectivity index (χ1) is 4.70. The Kier molecular flexibility index (Phi) is 4.23. The molecule has 0 saturated carbocycles. The molecular formula is C5H9NO4. The van der Waals surface area contributed by atoms with Crippen LogP contribution in [0, 0.1) is 0 Å². The standard InChI is InChI=1S/C5H9NO4/c1-9-5(8)3-4(7)6-10-2/h3H2,1-2H3,(H,6,7). The Balaban J connectivity index is 3.47. The van der Waals surface area contributed by atoms with E-state index in [2.05, 4.69) is 9.57 Å². The van der Waals surface area contributed by atoms with Crippen molar-refractivity contribution in [2.75, 3.05) is 14.2 Å². The van der Waals surface area contributed by atoms with Crippen molar-refractivity contribution in [3.05, 3.63) is 0 Å². The lowest BCUT2D eigenvalue weighted by molar-refractivity contribution is -0.146. The van der Waals surface area contributed by atoms with Gasteiger partial charge in [-0.25, -0.2) is 5.48 Å². The molecule has 0 aromatic heterocycles. The van der Waals surface area contributed by atoms with E-state index in [1.54, 1.807) is 0 Å². The molecule has 0 saturated heterocycles. The van der Waals surface area contributed by atoms with Crippen LogP contribution in [-0.2, 0) is 19.2 Å². The molecule has 0 aliphatic carbocycles. The van der Waals surface area contributed by atoms with Crippen molar-refractivity contribution < 1.29 is 19.2 Å². The fourth-order valence-electron chi connectivity index (χ4n) is 0.353. The smallest absolute Gasteiger partial charge is 0.315 e. The zero-order chi connectivity index (χ0) is 7.98. The number of rotatable bonds is 3. The van der Waals surface area contributed by atoms with Gasteiger partial charge in [0.1, 0.15) is 6.42 Å². The Labute approximate surface area is 58.3 Å². The van der Waals surface area contributed by atoms with E-state index in [1.807, 2.05) is 5.48 Å². The largest absolute Gasteiger partial charge is 0.469 e. The summed E-state index contributed by atoms with van der Waals surface area (Å²) in [7, 11) is 2.50. The average molecular weight is 147 g/mol. The van der Waals surface area contributed by atoms with Gasteiger partial charge in [0.05, 0.1) is 14.2 Å². The third-order valence-corrected chi connectivity index (χ3v) is 0.748. The number of carbonyl (C=O) groups excluding carboxylic acids is 2. The summed E-state index contributed by atoms with van der Waals surface area (Å²) in [5.74, 6) is -1.11. The van der Waals surface area contributed by atoms with Gasteiger partial charge in [-0.2, -0.15) is 0 Å². The molecule has 58 valence electrons. The normalized spacial score (nSPS) is 8.60. The van der Waals surface area contributed by atoms with Crippen molar-refractivity contribution in [1.29, 1.82) is 0 Å². The summed E-state index contributed by atoms with van der Waals surface area (Å²) in [6.45, 7) is 0. The van der Waals surface area contributed by atoms with E-state index >= 15 is 0 Å². The second-order valence-electron chi connectivity index (χ2n) is 1.48. The Hall–Kier alpha value is -1.10. The SMILES string of the molecule is CONC(=O)CC(=O)OC. The summed E-state index contributed by atoms with van der Waals surface area (Å²) >= 11 is 0. The van der Waals surface area contributed by atoms with Crippen molar-refractivity contribution in [3.8, 4) is 0 Å². The number of nitrogens with one attached hydrogen (secondary N) is 1. The third kappa shape index (κ3) is 3.85. The molecule has 0 radical (unpaired) electrons. The highest BCUT2D eigenvalue weighted by molar-refractivity contribution is 5.93. The molecule has 0 unspecified atom stereocenters. The van der Waals surface area contributed by atoms with E-state index in [-0.39, 0.29) is 6.42 Å². The van der Waals surface area contributed by atoms with Gasteiger partial charge >= 0.3 is 5.97 Å². The van der Waals surface area contributed by atoms with E-state index < -0.39 is 11.9 Å². The maximum absolute atomic E-state index is 10.5. The molecular weight excluding hydrogens is 138 g/mol. The summed E-state index contributed by atoms with van der Waals surface area (Å²) in [5.41, 5.74) is 1.97. The van der Waals surface area contributed by atoms with E-state index in [4.69, 9.17) is 0 Å². The van der Waals surface area contributed by atoms with Crippen molar-refractivity contribution >= 4 is 11.9 Å². The van der Waals surface area contributed by atoms with E-state index in [9.17, 15) is 9.59 Å². The monoisotopic (exact) mass is 147 g/mol. The topological polar surface area (TPSA) is 64.6 Å². The number of ether oxygens (including phenoxy) is 1. The number of hydroxylamine groups is 1. The molecule has 0 aliphatic heterocycles. The number of amides is 1. The van der Waals surface area contributed by atoms with E-state index in [1.165, 1.54) is 14.2 Å². The van der Waals surface area contributed by atoms with Crippen LogP contribution in [0.15, 0.2) is 0 Å². The van der Waals surface area contributed by atoms with Crippen LogP contribution >= 0.6 is 0 Å². The van der Waals surface area contributed by atoms with Crippen LogP contribution in [0.4, 0.5) is 0 Å². The van der Waals surface area contributed by atoms with Crippen molar-refractivity contribution in [3.63, 3.8) is 0 Å².